The van der Waals surface area contributed by atoms with Gasteiger partial charge in [-0.15, -0.1) is 0 Å². The molecule has 1 atom stereocenters. The summed E-state index contributed by atoms with van der Waals surface area (Å²) < 4.78 is 25.9. The van der Waals surface area contributed by atoms with E-state index >= 15 is 0 Å². The van der Waals surface area contributed by atoms with Crippen LogP contribution in [0.25, 0.3) is 0 Å². The highest BCUT2D eigenvalue weighted by molar-refractivity contribution is 4.88. The van der Waals surface area contributed by atoms with Crippen LogP contribution in [0.1, 0.15) is 34.1 Å². The number of halogens is 2. The first-order valence-corrected chi connectivity index (χ1v) is 4.84. The molecule has 0 aromatic carbocycles. The minimum Gasteiger partial charge on any atom is -0.298 e. The van der Waals surface area contributed by atoms with Crippen molar-refractivity contribution in [3.63, 3.8) is 0 Å². The van der Waals surface area contributed by atoms with Gasteiger partial charge in [0.15, 0.2) is 0 Å². The van der Waals surface area contributed by atoms with Gasteiger partial charge in [0, 0.05) is 18.0 Å². The molecule has 1 aliphatic heterocycles. The van der Waals surface area contributed by atoms with Crippen LogP contribution in [0.15, 0.2) is 0 Å². The lowest BCUT2D eigenvalue weighted by Crippen LogP contribution is -2.40. The van der Waals surface area contributed by atoms with Crippen LogP contribution in [-0.2, 0) is 0 Å². The van der Waals surface area contributed by atoms with Crippen LogP contribution < -0.4 is 0 Å². The summed E-state index contributed by atoms with van der Waals surface area (Å²) in [6.07, 6.45) is 0.626. The van der Waals surface area contributed by atoms with Gasteiger partial charge in [-0.3, -0.25) is 4.90 Å². The molecule has 1 aliphatic rings. The van der Waals surface area contributed by atoms with Crippen molar-refractivity contribution in [1.82, 2.24) is 4.90 Å². The lowest BCUT2D eigenvalue weighted by Gasteiger charge is -2.32. The highest BCUT2D eigenvalue weighted by Crippen LogP contribution is 2.34. The average molecular weight is 191 g/mol. The van der Waals surface area contributed by atoms with Crippen molar-refractivity contribution in [2.75, 3.05) is 13.1 Å². The molecular formula is C10H19F2N. The first kappa shape index (κ1) is 10.9. The van der Waals surface area contributed by atoms with Crippen LogP contribution in [0.2, 0.25) is 0 Å². The summed E-state index contributed by atoms with van der Waals surface area (Å²) in [6.45, 7) is 8.59. The van der Waals surface area contributed by atoms with Crippen LogP contribution in [0.3, 0.4) is 0 Å². The second kappa shape index (κ2) is 3.19. The van der Waals surface area contributed by atoms with Crippen molar-refractivity contribution >= 4 is 0 Å². The Balaban J connectivity index is 2.55. The Morgan fingerprint density at radius 2 is 1.69 bits per heavy atom. The van der Waals surface area contributed by atoms with E-state index in [-0.39, 0.29) is 5.54 Å². The van der Waals surface area contributed by atoms with E-state index in [1.807, 2.05) is 0 Å². The van der Waals surface area contributed by atoms with Gasteiger partial charge in [-0.05, 0) is 40.7 Å². The molecule has 13 heavy (non-hydrogen) atoms. The summed E-state index contributed by atoms with van der Waals surface area (Å²) in [5, 5.41) is 0. The lowest BCUT2D eigenvalue weighted by molar-refractivity contribution is -0.0378. The average Bonchev–Trinajstić information content (AvgIpc) is 2.28. The van der Waals surface area contributed by atoms with E-state index in [2.05, 4.69) is 25.7 Å². The van der Waals surface area contributed by atoms with E-state index < -0.39 is 11.8 Å². The second-order valence-corrected chi connectivity index (χ2v) is 5.06. The summed E-state index contributed by atoms with van der Waals surface area (Å²) in [4.78, 5) is 2.13. The fourth-order valence-electron chi connectivity index (χ4n) is 1.78. The van der Waals surface area contributed by atoms with Gasteiger partial charge in [0.1, 0.15) is 0 Å². The van der Waals surface area contributed by atoms with E-state index in [0.29, 0.717) is 13.0 Å². The van der Waals surface area contributed by atoms with Crippen molar-refractivity contribution in [1.29, 1.82) is 0 Å². The zero-order valence-electron chi connectivity index (χ0n) is 8.90. The molecule has 1 nitrogen and oxygen atoms in total. The molecule has 1 unspecified atom stereocenters. The van der Waals surface area contributed by atoms with E-state index in [1.54, 1.807) is 0 Å². The third-order valence-corrected chi connectivity index (χ3v) is 2.85. The topological polar surface area (TPSA) is 3.24 Å². The molecule has 78 valence electrons. The lowest BCUT2D eigenvalue weighted by atomic mass is 10.0. The summed E-state index contributed by atoms with van der Waals surface area (Å²) >= 11 is 0. The molecule has 0 spiro atoms. The SMILES string of the molecule is CC(F)(F)C1CCN(C(C)(C)C)C1. The molecule has 0 amide bonds. The zero-order valence-corrected chi connectivity index (χ0v) is 8.90. The van der Waals surface area contributed by atoms with Crippen LogP contribution >= 0.6 is 0 Å². The molecule has 0 saturated carbocycles. The maximum Gasteiger partial charge on any atom is 0.249 e. The fraction of sp³-hybridized carbons (Fsp3) is 1.00. The summed E-state index contributed by atoms with van der Waals surface area (Å²) in [5.74, 6) is -2.97. The Bertz CT molecular complexity index is 158. The van der Waals surface area contributed by atoms with Crippen LogP contribution in [0.4, 0.5) is 8.78 Å². The van der Waals surface area contributed by atoms with Crippen LogP contribution in [-0.4, -0.2) is 29.5 Å². The van der Waals surface area contributed by atoms with Gasteiger partial charge in [0.05, 0.1) is 0 Å². The number of rotatable bonds is 1. The van der Waals surface area contributed by atoms with Crippen molar-refractivity contribution in [3.8, 4) is 0 Å². The highest BCUT2D eigenvalue weighted by Gasteiger charge is 2.41. The number of alkyl halides is 2. The first-order valence-electron chi connectivity index (χ1n) is 4.84. The number of hydrogen-bond donors (Lipinski definition) is 0. The van der Waals surface area contributed by atoms with Gasteiger partial charge >= 0.3 is 0 Å². The van der Waals surface area contributed by atoms with Crippen molar-refractivity contribution in [3.05, 3.63) is 0 Å². The van der Waals surface area contributed by atoms with Crippen molar-refractivity contribution in [2.24, 2.45) is 5.92 Å². The van der Waals surface area contributed by atoms with E-state index in [0.717, 1.165) is 13.5 Å². The van der Waals surface area contributed by atoms with E-state index in [1.165, 1.54) is 0 Å². The Hall–Kier alpha value is -0.180. The molecule has 1 saturated heterocycles. The highest BCUT2D eigenvalue weighted by atomic mass is 19.3. The van der Waals surface area contributed by atoms with Gasteiger partial charge < -0.3 is 0 Å². The van der Waals surface area contributed by atoms with Gasteiger partial charge in [-0.2, -0.15) is 0 Å². The number of nitrogens with zero attached hydrogens (tertiary/aromatic N) is 1. The molecular weight excluding hydrogens is 172 g/mol. The minimum atomic E-state index is -2.51. The maximum atomic E-state index is 13.0. The van der Waals surface area contributed by atoms with Gasteiger partial charge in [0.2, 0.25) is 5.92 Å². The first-order chi connectivity index (χ1) is 5.71. The molecule has 1 fully saturated rings. The fourth-order valence-corrected chi connectivity index (χ4v) is 1.78. The minimum absolute atomic E-state index is 0.0278. The molecule has 0 aromatic heterocycles. The van der Waals surface area contributed by atoms with Crippen molar-refractivity contribution in [2.45, 2.75) is 45.6 Å². The Kier molecular flexibility index (Phi) is 2.68. The van der Waals surface area contributed by atoms with Gasteiger partial charge in [0.25, 0.3) is 0 Å². The van der Waals surface area contributed by atoms with Gasteiger partial charge in [-0.1, -0.05) is 0 Å². The Morgan fingerprint density at radius 3 is 1.92 bits per heavy atom. The molecule has 0 N–H and O–H groups in total. The number of likely N-dealkylation sites (tertiary alicyclic amines) is 1. The summed E-state index contributed by atoms with van der Waals surface area (Å²) in [5.41, 5.74) is 0.0278. The van der Waals surface area contributed by atoms with Crippen LogP contribution in [0, 0.1) is 5.92 Å². The molecule has 0 aliphatic carbocycles. The maximum absolute atomic E-state index is 13.0. The molecule has 1 rings (SSSR count). The monoisotopic (exact) mass is 191 g/mol. The smallest absolute Gasteiger partial charge is 0.249 e. The number of hydrogen-bond acceptors (Lipinski definition) is 1. The largest absolute Gasteiger partial charge is 0.298 e. The molecule has 0 radical (unpaired) electrons. The third-order valence-electron chi connectivity index (χ3n) is 2.85. The molecule has 1 heterocycles. The zero-order chi connectivity index (χ0) is 10.3. The predicted octanol–water partition coefficient (Wildman–Crippen LogP) is 2.76. The predicted molar refractivity (Wildman–Crippen MR) is 50.1 cm³/mol. The third kappa shape index (κ3) is 2.63. The molecule has 3 heteroatoms. The van der Waals surface area contributed by atoms with Gasteiger partial charge in [-0.25, -0.2) is 8.78 Å². The van der Waals surface area contributed by atoms with Crippen molar-refractivity contribution < 1.29 is 8.78 Å². The van der Waals surface area contributed by atoms with Crippen LogP contribution in [0.5, 0.6) is 0 Å². The normalized spacial score (nSPS) is 26.8. The molecule has 0 bridgehead atoms. The quantitative estimate of drug-likeness (QED) is 0.616. The molecule has 0 aromatic rings. The summed E-state index contributed by atoms with van der Waals surface area (Å²) in [6, 6.07) is 0. The van der Waals surface area contributed by atoms with E-state index in [9.17, 15) is 8.78 Å². The standard InChI is InChI=1S/C10H19F2N/c1-9(2,3)13-6-5-8(7-13)10(4,11)12/h8H,5-7H2,1-4H3. The summed E-state index contributed by atoms with van der Waals surface area (Å²) in [7, 11) is 0. The Labute approximate surface area is 79.1 Å². The van der Waals surface area contributed by atoms with E-state index in [4.69, 9.17) is 0 Å². The second-order valence-electron chi connectivity index (χ2n) is 5.06. The Morgan fingerprint density at radius 1 is 1.15 bits per heavy atom.